The highest BCUT2D eigenvalue weighted by molar-refractivity contribution is 9.10. The molecule has 0 unspecified atom stereocenters. The first-order chi connectivity index (χ1) is 8.92. The second kappa shape index (κ2) is 5.88. The Balaban J connectivity index is 1.97. The summed E-state index contributed by atoms with van der Waals surface area (Å²) in [6.45, 7) is 8.15. The number of rotatable bonds is 4. The first-order valence-corrected chi connectivity index (χ1v) is 7.22. The molecule has 0 aliphatic heterocycles. The third-order valence-electron chi connectivity index (χ3n) is 2.74. The Morgan fingerprint density at radius 1 is 1.26 bits per heavy atom. The van der Waals surface area contributed by atoms with Crippen molar-refractivity contribution in [3.05, 3.63) is 52.3 Å². The van der Waals surface area contributed by atoms with Gasteiger partial charge in [-0.15, -0.1) is 0 Å². The van der Waals surface area contributed by atoms with Crippen LogP contribution < -0.4 is 5.32 Å². The van der Waals surface area contributed by atoms with Crippen LogP contribution in [0.4, 0.5) is 0 Å². The van der Waals surface area contributed by atoms with Crippen molar-refractivity contribution in [2.75, 3.05) is 0 Å². The predicted octanol–water partition coefficient (Wildman–Crippen LogP) is 3.58. The number of hydrogen-bond donors (Lipinski definition) is 1. The van der Waals surface area contributed by atoms with Crippen LogP contribution in [-0.4, -0.2) is 15.3 Å². The fraction of sp³-hybridized carbons (Fsp3) is 0.400. The maximum Gasteiger partial charge on any atom is 0.0659 e. The summed E-state index contributed by atoms with van der Waals surface area (Å²) in [7, 11) is 0. The minimum absolute atomic E-state index is 0.131. The summed E-state index contributed by atoms with van der Waals surface area (Å²) in [5.41, 5.74) is 2.59. The van der Waals surface area contributed by atoms with Crippen molar-refractivity contribution in [1.29, 1.82) is 0 Å². The molecule has 0 atom stereocenters. The number of halogens is 1. The lowest BCUT2D eigenvalue weighted by Crippen LogP contribution is -2.34. The molecule has 1 aromatic carbocycles. The van der Waals surface area contributed by atoms with Crippen LogP contribution in [0.3, 0.4) is 0 Å². The van der Waals surface area contributed by atoms with Crippen LogP contribution >= 0.6 is 15.9 Å². The molecule has 19 heavy (non-hydrogen) atoms. The zero-order valence-corrected chi connectivity index (χ0v) is 13.2. The SMILES string of the molecule is CC(C)(C)NCc1cnn(Cc2cccc(Br)c2)c1. The predicted molar refractivity (Wildman–Crippen MR) is 82.1 cm³/mol. The summed E-state index contributed by atoms with van der Waals surface area (Å²) in [6, 6.07) is 8.31. The van der Waals surface area contributed by atoms with E-state index in [1.807, 2.05) is 23.0 Å². The van der Waals surface area contributed by atoms with Crippen molar-refractivity contribution >= 4 is 15.9 Å². The van der Waals surface area contributed by atoms with Gasteiger partial charge in [0.15, 0.2) is 0 Å². The van der Waals surface area contributed by atoms with E-state index in [0.717, 1.165) is 17.6 Å². The van der Waals surface area contributed by atoms with Crippen molar-refractivity contribution in [3.8, 4) is 0 Å². The maximum absolute atomic E-state index is 4.40. The molecule has 0 saturated carbocycles. The smallest absolute Gasteiger partial charge is 0.0659 e. The van der Waals surface area contributed by atoms with Gasteiger partial charge >= 0.3 is 0 Å². The molecule has 0 amide bonds. The quantitative estimate of drug-likeness (QED) is 0.932. The Kier molecular flexibility index (Phi) is 4.42. The fourth-order valence-corrected chi connectivity index (χ4v) is 2.22. The van der Waals surface area contributed by atoms with Crippen LogP contribution in [0.25, 0.3) is 0 Å². The lowest BCUT2D eigenvalue weighted by Gasteiger charge is -2.19. The van der Waals surface area contributed by atoms with Gasteiger partial charge < -0.3 is 5.32 Å². The number of nitrogens with one attached hydrogen (secondary N) is 1. The van der Waals surface area contributed by atoms with Gasteiger partial charge in [0.25, 0.3) is 0 Å². The third-order valence-corrected chi connectivity index (χ3v) is 3.24. The average molecular weight is 322 g/mol. The summed E-state index contributed by atoms with van der Waals surface area (Å²) >= 11 is 3.49. The van der Waals surface area contributed by atoms with Crippen molar-refractivity contribution < 1.29 is 0 Å². The van der Waals surface area contributed by atoms with Gasteiger partial charge in [0.05, 0.1) is 12.7 Å². The molecule has 2 aromatic rings. The van der Waals surface area contributed by atoms with Gasteiger partial charge in [-0.3, -0.25) is 4.68 Å². The first-order valence-electron chi connectivity index (χ1n) is 6.43. The zero-order chi connectivity index (χ0) is 13.9. The van der Waals surface area contributed by atoms with E-state index in [4.69, 9.17) is 0 Å². The number of aromatic nitrogens is 2. The van der Waals surface area contributed by atoms with Crippen LogP contribution in [0, 0.1) is 0 Å². The van der Waals surface area contributed by atoms with Gasteiger partial charge in [-0.25, -0.2) is 0 Å². The largest absolute Gasteiger partial charge is 0.308 e. The second-order valence-electron chi connectivity index (χ2n) is 5.78. The van der Waals surface area contributed by atoms with E-state index in [1.165, 1.54) is 11.1 Å². The Labute approximate surface area is 123 Å². The van der Waals surface area contributed by atoms with Gasteiger partial charge in [-0.2, -0.15) is 5.10 Å². The Bertz CT molecular complexity index is 540. The molecular weight excluding hydrogens is 302 g/mol. The van der Waals surface area contributed by atoms with Gasteiger partial charge in [0, 0.05) is 28.3 Å². The molecular formula is C15H20BrN3. The molecule has 1 aromatic heterocycles. The summed E-state index contributed by atoms with van der Waals surface area (Å²) < 4.78 is 3.08. The zero-order valence-electron chi connectivity index (χ0n) is 11.7. The third kappa shape index (κ3) is 4.80. The molecule has 0 fully saturated rings. The van der Waals surface area contributed by atoms with Crippen molar-refractivity contribution in [3.63, 3.8) is 0 Å². The summed E-state index contributed by atoms with van der Waals surface area (Å²) in [4.78, 5) is 0. The van der Waals surface area contributed by atoms with Crippen molar-refractivity contribution in [1.82, 2.24) is 15.1 Å². The van der Waals surface area contributed by atoms with Gasteiger partial charge in [-0.05, 0) is 38.5 Å². The van der Waals surface area contributed by atoms with Crippen LogP contribution in [0.15, 0.2) is 41.1 Å². The van der Waals surface area contributed by atoms with Crippen LogP contribution in [0.2, 0.25) is 0 Å². The van der Waals surface area contributed by atoms with E-state index in [0.29, 0.717) is 0 Å². The van der Waals surface area contributed by atoms with E-state index in [-0.39, 0.29) is 5.54 Å². The molecule has 0 spiro atoms. The topological polar surface area (TPSA) is 29.9 Å². The molecule has 0 aliphatic rings. The number of benzene rings is 1. The molecule has 0 aliphatic carbocycles. The molecule has 0 bridgehead atoms. The Hall–Kier alpha value is -1.13. The minimum atomic E-state index is 0.131. The maximum atomic E-state index is 4.40. The highest BCUT2D eigenvalue weighted by Gasteiger charge is 2.09. The second-order valence-corrected chi connectivity index (χ2v) is 6.70. The minimum Gasteiger partial charge on any atom is -0.308 e. The van der Waals surface area contributed by atoms with Gasteiger partial charge in [0.2, 0.25) is 0 Å². The lowest BCUT2D eigenvalue weighted by atomic mass is 10.1. The highest BCUT2D eigenvalue weighted by atomic mass is 79.9. The molecule has 2 rings (SSSR count). The molecule has 3 nitrogen and oxygen atoms in total. The standard InChI is InChI=1S/C15H20BrN3/c1-15(2,3)17-8-13-9-18-19(11-13)10-12-5-4-6-14(16)7-12/h4-7,9,11,17H,8,10H2,1-3H3. The van der Waals surface area contributed by atoms with E-state index in [9.17, 15) is 0 Å². The monoisotopic (exact) mass is 321 g/mol. The van der Waals surface area contributed by atoms with Gasteiger partial charge in [0.1, 0.15) is 0 Å². The van der Waals surface area contributed by atoms with E-state index >= 15 is 0 Å². The number of hydrogen-bond acceptors (Lipinski definition) is 2. The Morgan fingerprint density at radius 3 is 2.74 bits per heavy atom. The van der Waals surface area contributed by atoms with E-state index in [1.54, 1.807) is 0 Å². The van der Waals surface area contributed by atoms with Crippen molar-refractivity contribution in [2.45, 2.75) is 39.4 Å². The normalized spacial score (nSPS) is 11.8. The van der Waals surface area contributed by atoms with E-state index in [2.05, 4.69) is 65.4 Å². The molecule has 0 saturated heterocycles. The Morgan fingerprint density at radius 2 is 2.05 bits per heavy atom. The molecule has 1 N–H and O–H groups in total. The average Bonchev–Trinajstić information content (AvgIpc) is 2.73. The molecule has 102 valence electrons. The van der Waals surface area contributed by atoms with Crippen LogP contribution in [-0.2, 0) is 13.1 Å². The van der Waals surface area contributed by atoms with Crippen LogP contribution in [0.5, 0.6) is 0 Å². The summed E-state index contributed by atoms with van der Waals surface area (Å²) in [5.74, 6) is 0. The lowest BCUT2D eigenvalue weighted by molar-refractivity contribution is 0.424. The summed E-state index contributed by atoms with van der Waals surface area (Å²) in [5, 5.41) is 7.87. The van der Waals surface area contributed by atoms with Crippen molar-refractivity contribution in [2.24, 2.45) is 0 Å². The molecule has 4 heteroatoms. The molecule has 0 radical (unpaired) electrons. The van der Waals surface area contributed by atoms with Crippen LogP contribution in [0.1, 0.15) is 31.9 Å². The highest BCUT2D eigenvalue weighted by Crippen LogP contribution is 2.13. The fourth-order valence-electron chi connectivity index (χ4n) is 1.77. The van der Waals surface area contributed by atoms with E-state index < -0.39 is 0 Å². The summed E-state index contributed by atoms with van der Waals surface area (Å²) in [6.07, 6.45) is 4.02. The van der Waals surface area contributed by atoms with Gasteiger partial charge in [-0.1, -0.05) is 28.1 Å². The molecule has 1 heterocycles. The first kappa shape index (κ1) is 14.3. The number of nitrogens with zero attached hydrogens (tertiary/aromatic N) is 2.